The fraction of sp³-hybridized carbons (Fsp3) is 0.500. The zero-order valence-electron chi connectivity index (χ0n) is 14.9. The molecule has 0 unspecified atom stereocenters. The van der Waals surface area contributed by atoms with Crippen LogP contribution in [-0.4, -0.2) is 22.5 Å². The summed E-state index contributed by atoms with van der Waals surface area (Å²) in [6.07, 6.45) is 4.81. The molecule has 2 N–H and O–H groups in total. The van der Waals surface area contributed by atoms with E-state index in [0.29, 0.717) is 11.4 Å². The van der Waals surface area contributed by atoms with Gasteiger partial charge in [-0.3, -0.25) is 9.59 Å². The van der Waals surface area contributed by atoms with E-state index in [2.05, 4.69) is 37.7 Å². The fourth-order valence-electron chi connectivity index (χ4n) is 4.90. The lowest BCUT2D eigenvalue weighted by atomic mass is 9.50. The van der Waals surface area contributed by atoms with E-state index in [4.69, 9.17) is 0 Å². The van der Waals surface area contributed by atoms with Gasteiger partial charge in [-0.05, 0) is 54.4 Å². The van der Waals surface area contributed by atoms with E-state index in [0.717, 1.165) is 43.2 Å². The van der Waals surface area contributed by atoms with Gasteiger partial charge in [-0.25, -0.2) is 0 Å². The van der Waals surface area contributed by atoms with Crippen molar-refractivity contribution < 1.29 is 9.59 Å². The van der Waals surface area contributed by atoms with Crippen LogP contribution in [-0.2, 0) is 5.41 Å². The Morgan fingerprint density at radius 2 is 1.33 bits per heavy atom. The molecule has 0 atom stereocenters. The molecule has 2 heterocycles. The Kier molecular flexibility index (Phi) is 3.82. The highest BCUT2D eigenvalue weighted by molar-refractivity contribution is 5.73. The molecule has 1 aliphatic rings. The Labute approximate surface area is 143 Å². The molecular formula is C20H26N2O2. The molecule has 4 heteroatoms. The van der Waals surface area contributed by atoms with Crippen LogP contribution in [0.5, 0.6) is 0 Å². The Balaban J connectivity index is 2.21. The number of rotatable bonds is 4. The fourth-order valence-corrected chi connectivity index (χ4v) is 4.90. The second-order valence-corrected chi connectivity index (χ2v) is 8.52. The molecule has 0 spiro atoms. The van der Waals surface area contributed by atoms with E-state index in [9.17, 15) is 9.59 Å². The van der Waals surface area contributed by atoms with Crippen LogP contribution in [0.4, 0.5) is 0 Å². The van der Waals surface area contributed by atoms with Crippen molar-refractivity contribution in [1.82, 2.24) is 9.97 Å². The lowest BCUT2D eigenvalue weighted by Crippen LogP contribution is -2.50. The maximum Gasteiger partial charge on any atom is 0.166 e. The van der Waals surface area contributed by atoms with E-state index in [1.165, 1.54) is 0 Å². The number of aromatic nitrogens is 2. The predicted octanol–water partition coefficient (Wildman–Crippen LogP) is 4.49. The van der Waals surface area contributed by atoms with Crippen molar-refractivity contribution >= 4 is 12.6 Å². The van der Waals surface area contributed by atoms with Crippen LogP contribution in [0.1, 0.15) is 79.3 Å². The monoisotopic (exact) mass is 326 g/mol. The van der Waals surface area contributed by atoms with Gasteiger partial charge in [0, 0.05) is 11.4 Å². The molecule has 2 aromatic heterocycles. The summed E-state index contributed by atoms with van der Waals surface area (Å²) >= 11 is 0. The molecule has 2 aromatic rings. The van der Waals surface area contributed by atoms with E-state index < -0.39 is 0 Å². The number of hydrogen-bond donors (Lipinski definition) is 2. The Morgan fingerprint density at radius 1 is 0.833 bits per heavy atom. The normalized spacial score (nSPS) is 21.3. The molecular weight excluding hydrogens is 300 g/mol. The first-order valence-electron chi connectivity index (χ1n) is 8.53. The summed E-state index contributed by atoms with van der Waals surface area (Å²) in [5.74, 6) is 0. The number of aromatic amines is 2. The largest absolute Gasteiger partial charge is 0.355 e. The van der Waals surface area contributed by atoms with Crippen LogP contribution >= 0.6 is 0 Å². The lowest BCUT2D eigenvalue weighted by Gasteiger charge is -2.54. The molecule has 1 aliphatic carbocycles. The van der Waals surface area contributed by atoms with Crippen molar-refractivity contribution in [3.8, 4) is 0 Å². The number of carbonyl (C=O) groups is 2. The molecule has 128 valence electrons. The third kappa shape index (κ3) is 2.45. The standard InChI is InChI=1S/C20H26N2O2/c1-18(2)9-10-20(19(3,4)13-18,16-7-5-14(11-23)21-16)17-8-6-15(12-24)22-17/h5-8,11-12,21-22H,9-10,13H2,1-4H3. The maximum atomic E-state index is 11.2. The quantitative estimate of drug-likeness (QED) is 0.813. The molecule has 3 rings (SSSR count). The van der Waals surface area contributed by atoms with E-state index >= 15 is 0 Å². The van der Waals surface area contributed by atoms with Gasteiger partial charge in [0.25, 0.3) is 0 Å². The van der Waals surface area contributed by atoms with Crippen LogP contribution < -0.4 is 0 Å². The number of hydrogen-bond acceptors (Lipinski definition) is 2. The SMILES string of the molecule is CC1(C)CCC(c2ccc(C=O)[nH]2)(c2ccc(C=O)[nH]2)C(C)(C)C1. The van der Waals surface area contributed by atoms with Gasteiger partial charge < -0.3 is 9.97 Å². The first kappa shape index (κ1) is 16.7. The Morgan fingerprint density at radius 3 is 1.71 bits per heavy atom. The van der Waals surface area contributed by atoms with Crippen LogP contribution in [0.25, 0.3) is 0 Å². The van der Waals surface area contributed by atoms with Gasteiger partial charge in [-0.15, -0.1) is 0 Å². The van der Waals surface area contributed by atoms with Gasteiger partial charge in [-0.2, -0.15) is 0 Å². The summed E-state index contributed by atoms with van der Waals surface area (Å²) in [7, 11) is 0. The smallest absolute Gasteiger partial charge is 0.166 e. The zero-order chi connectivity index (χ0) is 17.6. The predicted molar refractivity (Wildman–Crippen MR) is 94.6 cm³/mol. The minimum atomic E-state index is -0.273. The summed E-state index contributed by atoms with van der Waals surface area (Å²) in [6, 6.07) is 7.71. The highest BCUT2D eigenvalue weighted by atomic mass is 16.1. The summed E-state index contributed by atoms with van der Waals surface area (Å²) in [5, 5.41) is 0. The first-order chi connectivity index (χ1) is 11.2. The molecule has 0 saturated heterocycles. The van der Waals surface area contributed by atoms with Crippen LogP contribution in [0.15, 0.2) is 24.3 Å². The van der Waals surface area contributed by atoms with E-state index in [1.54, 1.807) is 0 Å². The van der Waals surface area contributed by atoms with Crippen molar-refractivity contribution in [2.45, 2.75) is 52.4 Å². The van der Waals surface area contributed by atoms with Crippen molar-refractivity contribution in [2.24, 2.45) is 10.8 Å². The van der Waals surface area contributed by atoms with Crippen molar-refractivity contribution in [2.75, 3.05) is 0 Å². The second kappa shape index (κ2) is 5.47. The molecule has 4 nitrogen and oxygen atoms in total. The third-order valence-electron chi connectivity index (χ3n) is 5.84. The molecule has 24 heavy (non-hydrogen) atoms. The molecule has 1 saturated carbocycles. The Hall–Kier alpha value is -2.10. The van der Waals surface area contributed by atoms with Crippen molar-refractivity contribution in [3.63, 3.8) is 0 Å². The first-order valence-corrected chi connectivity index (χ1v) is 8.53. The van der Waals surface area contributed by atoms with E-state index in [-0.39, 0.29) is 16.2 Å². The second-order valence-electron chi connectivity index (χ2n) is 8.52. The van der Waals surface area contributed by atoms with Gasteiger partial charge in [0.15, 0.2) is 12.6 Å². The minimum Gasteiger partial charge on any atom is -0.355 e. The summed E-state index contributed by atoms with van der Waals surface area (Å²) in [4.78, 5) is 29.0. The number of nitrogens with one attached hydrogen (secondary N) is 2. The van der Waals surface area contributed by atoms with Gasteiger partial charge in [-0.1, -0.05) is 27.7 Å². The van der Waals surface area contributed by atoms with Crippen molar-refractivity contribution in [1.29, 1.82) is 0 Å². The third-order valence-corrected chi connectivity index (χ3v) is 5.84. The number of H-pyrrole nitrogens is 2. The highest BCUT2D eigenvalue weighted by Crippen LogP contribution is 2.59. The van der Waals surface area contributed by atoms with Crippen molar-refractivity contribution in [3.05, 3.63) is 47.0 Å². The summed E-state index contributed by atoms with van der Waals surface area (Å²) < 4.78 is 0. The van der Waals surface area contributed by atoms with Gasteiger partial charge in [0.2, 0.25) is 0 Å². The Bertz CT molecular complexity index is 718. The molecule has 0 amide bonds. The summed E-state index contributed by atoms with van der Waals surface area (Å²) in [6.45, 7) is 9.21. The molecule has 0 bridgehead atoms. The molecule has 0 aliphatic heterocycles. The number of aldehydes is 2. The average Bonchev–Trinajstić information content (AvgIpc) is 3.14. The molecule has 1 fully saturated rings. The topological polar surface area (TPSA) is 65.7 Å². The number of carbonyl (C=O) groups excluding carboxylic acids is 2. The lowest BCUT2D eigenvalue weighted by molar-refractivity contribution is 0.0378. The van der Waals surface area contributed by atoms with E-state index in [1.807, 2.05) is 24.3 Å². The minimum absolute atomic E-state index is 0.0369. The van der Waals surface area contributed by atoms with Gasteiger partial charge >= 0.3 is 0 Å². The van der Waals surface area contributed by atoms with Crippen LogP contribution in [0.2, 0.25) is 0 Å². The maximum absolute atomic E-state index is 11.2. The van der Waals surface area contributed by atoms with Crippen LogP contribution in [0, 0.1) is 10.8 Å². The van der Waals surface area contributed by atoms with Crippen LogP contribution in [0.3, 0.4) is 0 Å². The zero-order valence-corrected chi connectivity index (χ0v) is 14.9. The van der Waals surface area contributed by atoms with Gasteiger partial charge in [0.1, 0.15) is 0 Å². The summed E-state index contributed by atoms with van der Waals surface area (Å²) in [5.41, 5.74) is 3.23. The van der Waals surface area contributed by atoms with Gasteiger partial charge in [0.05, 0.1) is 16.8 Å². The molecule has 0 radical (unpaired) electrons. The highest BCUT2D eigenvalue weighted by Gasteiger charge is 2.54. The molecule has 0 aromatic carbocycles. The average molecular weight is 326 g/mol.